The van der Waals surface area contributed by atoms with E-state index in [1.54, 1.807) is 0 Å². The third kappa shape index (κ3) is 22.2. The fourth-order valence-corrected chi connectivity index (χ4v) is 15.5. The fraction of sp³-hybridized carbons (Fsp3) is 0.429. The van der Waals surface area contributed by atoms with Crippen molar-refractivity contribution in [3.8, 4) is 11.1 Å². The second-order valence-corrected chi connectivity index (χ2v) is 24.2. The van der Waals surface area contributed by atoms with Crippen LogP contribution >= 0.6 is 110 Å². The first-order chi connectivity index (χ1) is 23.6. The summed E-state index contributed by atoms with van der Waals surface area (Å²) in [7, 11) is -21.3. The van der Waals surface area contributed by atoms with Crippen molar-refractivity contribution in [2.45, 2.75) is 51.6 Å². The van der Waals surface area contributed by atoms with Gasteiger partial charge in [0, 0.05) is 37.1 Å². The number of hydrogen-bond acceptors (Lipinski definition) is 8. The predicted molar refractivity (Wildman–Crippen MR) is 210 cm³/mol. The van der Waals surface area contributed by atoms with Crippen LogP contribution in [0.15, 0.2) is 74.5 Å². The summed E-state index contributed by atoms with van der Waals surface area (Å²) in [6.07, 6.45) is 21.0. The summed E-state index contributed by atoms with van der Waals surface area (Å²) in [6.45, 7) is 2.19. The van der Waals surface area contributed by atoms with Crippen LogP contribution < -0.4 is 9.13 Å². The minimum atomic E-state index is -10.7. The van der Waals surface area contributed by atoms with Gasteiger partial charge in [-0.1, -0.05) is 47.0 Å². The summed E-state index contributed by atoms with van der Waals surface area (Å²) >= 11 is 16.0. The van der Waals surface area contributed by atoms with Gasteiger partial charge in [0.05, 0.1) is 25.4 Å². The van der Waals surface area contributed by atoms with Gasteiger partial charge < -0.3 is 0 Å². The van der Waals surface area contributed by atoms with Crippen LogP contribution in [0.2, 0.25) is 0 Å². The SMILES string of the molecule is CSC1=C2SCCCCC[n+]3ccc(cc3)-c3cc[n+](cc3)CCCCCSC3=C(SC)S/C(=C(/S1)S2)S3.F[P-](F)(F)(F)(F)F.F[P-](F)(F)(F)(F)F. The molecule has 5 aliphatic rings. The van der Waals surface area contributed by atoms with Gasteiger partial charge in [0.2, 0.25) is 0 Å². The number of aryl methyl sites for hydroxylation is 2. The van der Waals surface area contributed by atoms with Gasteiger partial charge in [0.25, 0.3) is 0 Å². The number of thioether (sulfide) groups is 8. The topological polar surface area (TPSA) is 7.76 Å². The Morgan fingerprint density at radius 2 is 0.769 bits per heavy atom. The summed E-state index contributed by atoms with van der Waals surface area (Å²) in [5, 5.41) is 0. The first kappa shape index (κ1) is 46.7. The van der Waals surface area contributed by atoms with Gasteiger partial charge in [0.1, 0.15) is 13.1 Å². The zero-order valence-corrected chi connectivity index (χ0v) is 35.6. The van der Waals surface area contributed by atoms with E-state index in [0.29, 0.717) is 0 Å². The molecule has 2 aromatic heterocycles. The predicted octanol–water partition coefficient (Wildman–Crippen LogP) is 16.6. The van der Waals surface area contributed by atoms with Gasteiger partial charge in [-0.3, -0.25) is 0 Å². The summed E-state index contributed by atoms with van der Waals surface area (Å²) < 4.78 is 132. The van der Waals surface area contributed by atoms with Crippen molar-refractivity contribution < 1.29 is 59.5 Å². The van der Waals surface area contributed by atoms with Crippen molar-refractivity contribution in [1.82, 2.24) is 0 Å². The molecule has 0 amide bonds. The maximum absolute atomic E-state index is 10.7. The molecule has 0 fully saturated rings. The molecule has 0 aromatic carbocycles. The van der Waals surface area contributed by atoms with Crippen molar-refractivity contribution in [2.75, 3.05) is 24.0 Å². The van der Waals surface area contributed by atoms with Crippen LogP contribution in [0.3, 0.4) is 0 Å². The number of nitrogens with zero attached hydrogens (tertiary/aromatic N) is 2. The molecular weight excluding hydrogens is 911 g/mol. The molecule has 298 valence electrons. The molecular formula is C28H34F12N2P2S8. The molecule has 0 saturated carbocycles. The summed E-state index contributed by atoms with van der Waals surface area (Å²) in [4.78, 5) is 0. The number of rotatable bonds is 2. The van der Waals surface area contributed by atoms with Crippen LogP contribution in [0.4, 0.5) is 50.4 Å². The van der Waals surface area contributed by atoms with E-state index in [9.17, 15) is 50.4 Å². The normalized spacial score (nSPS) is 22.3. The molecule has 52 heavy (non-hydrogen) atoms. The van der Waals surface area contributed by atoms with E-state index in [1.165, 1.54) is 86.6 Å². The molecule has 0 aliphatic carbocycles. The maximum atomic E-state index is 9.87. The number of pyridine rings is 2. The Morgan fingerprint density at radius 1 is 0.462 bits per heavy atom. The second kappa shape index (κ2) is 17.5. The zero-order chi connectivity index (χ0) is 39.0. The Hall–Kier alpha value is 0.340. The average molecular weight is 945 g/mol. The molecule has 0 spiro atoms. The van der Waals surface area contributed by atoms with Gasteiger partial charge in [-0.05, 0) is 60.8 Å². The van der Waals surface area contributed by atoms with Gasteiger partial charge in [0.15, 0.2) is 24.8 Å². The minimum absolute atomic E-state index is 1.10. The summed E-state index contributed by atoms with van der Waals surface area (Å²) in [5.74, 6) is 2.42. The Kier molecular flexibility index (Phi) is 15.7. The van der Waals surface area contributed by atoms with E-state index in [1.807, 2.05) is 70.6 Å². The van der Waals surface area contributed by atoms with E-state index >= 15 is 0 Å². The van der Waals surface area contributed by atoms with Crippen molar-refractivity contribution >= 4 is 110 Å². The Bertz CT molecular complexity index is 1490. The van der Waals surface area contributed by atoms with E-state index in [2.05, 4.69) is 94.2 Å². The number of aromatic nitrogens is 2. The van der Waals surface area contributed by atoms with Crippen LogP contribution in [0.25, 0.3) is 11.1 Å². The molecule has 0 saturated heterocycles. The van der Waals surface area contributed by atoms with E-state index < -0.39 is 15.6 Å². The molecule has 5 aliphatic heterocycles. The van der Waals surface area contributed by atoms with Crippen molar-refractivity contribution in [1.29, 1.82) is 0 Å². The first-order valence-corrected chi connectivity index (χ1v) is 26.8. The molecule has 0 unspecified atom stereocenters. The quantitative estimate of drug-likeness (QED) is 0.165. The van der Waals surface area contributed by atoms with E-state index in [0.717, 1.165) is 13.1 Å². The van der Waals surface area contributed by atoms with Crippen LogP contribution in [0.5, 0.6) is 0 Å². The third-order valence-corrected chi connectivity index (χ3v) is 17.8. The third-order valence-electron chi connectivity index (χ3n) is 6.32. The standard InChI is InChI=1S/C28H34N2S8.2F6P/c1-31-23-25-33-19-7-3-5-13-29-15-9-21(10-16-29)22-11-17-30(18-12-22)14-6-4-8-20-34-26-24(32-2)36-28(38-26)27(35-23)37-25;2*1-7(2,3,4,5)6/h9-12,15-18H,3-8,13-14,19-20H2,1-2H3;;/q+2;2*-1/b28-27+;;. The van der Waals surface area contributed by atoms with Crippen molar-refractivity contribution in [3.63, 3.8) is 0 Å². The molecule has 7 heterocycles. The van der Waals surface area contributed by atoms with Gasteiger partial charge >= 0.3 is 66.0 Å². The first-order valence-electron chi connectivity index (χ1n) is 15.0. The molecule has 2 aromatic rings. The van der Waals surface area contributed by atoms with Gasteiger partial charge in [-0.15, -0.1) is 47.0 Å². The molecule has 0 radical (unpaired) electrons. The van der Waals surface area contributed by atoms with Crippen LogP contribution in [0, 0.1) is 0 Å². The molecule has 2 nitrogen and oxygen atoms in total. The average Bonchev–Trinajstić information content (AvgIpc) is 3.61. The number of halogens is 12. The van der Waals surface area contributed by atoms with Crippen LogP contribution in [-0.2, 0) is 13.1 Å². The number of fused-ring (bicyclic) bond motifs is 2. The Labute approximate surface area is 328 Å². The van der Waals surface area contributed by atoms with Gasteiger partial charge in [-0.2, -0.15) is 0 Å². The Morgan fingerprint density at radius 3 is 1.06 bits per heavy atom. The van der Waals surface area contributed by atoms with E-state index in [4.69, 9.17) is 0 Å². The van der Waals surface area contributed by atoms with Crippen LogP contribution in [-0.4, -0.2) is 24.0 Å². The van der Waals surface area contributed by atoms with Crippen molar-refractivity contribution in [2.24, 2.45) is 0 Å². The number of hydrogen-bond donors (Lipinski definition) is 0. The molecule has 0 atom stereocenters. The second-order valence-electron chi connectivity index (χ2n) is 10.9. The summed E-state index contributed by atoms with van der Waals surface area (Å²) in [5.41, 5.74) is 2.60. The molecule has 24 heteroatoms. The van der Waals surface area contributed by atoms with Crippen LogP contribution in [0.1, 0.15) is 38.5 Å². The molecule has 0 N–H and O–H groups in total. The Balaban J connectivity index is 0.000000441. The molecule has 7 rings (SSSR count). The fourth-order valence-electron chi connectivity index (χ4n) is 4.21. The summed E-state index contributed by atoms with van der Waals surface area (Å²) in [6, 6.07) is 9.04. The van der Waals surface area contributed by atoms with E-state index in [-0.39, 0.29) is 0 Å². The van der Waals surface area contributed by atoms with Gasteiger partial charge in [-0.25, -0.2) is 9.13 Å². The zero-order valence-electron chi connectivity index (χ0n) is 27.3. The molecule has 8 bridgehead atoms. The monoisotopic (exact) mass is 944 g/mol. The van der Waals surface area contributed by atoms with Crippen molar-refractivity contribution in [3.05, 3.63) is 74.5 Å².